The van der Waals surface area contributed by atoms with Crippen molar-refractivity contribution in [1.82, 2.24) is 4.98 Å². The van der Waals surface area contributed by atoms with Crippen molar-refractivity contribution < 1.29 is 13.2 Å². The van der Waals surface area contributed by atoms with E-state index in [1.807, 2.05) is 6.07 Å². The van der Waals surface area contributed by atoms with Crippen molar-refractivity contribution in [1.29, 1.82) is 5.26 Å². The molecule has 7 heteroatoms. The Hall–Kier alpha value is -1.81. The average Bonchev–Trinajstić information content (AvgIpc) is 3.18. The van der Waals surface area contributed by atoms with Gasteiger partial charge in [0.05, 0.1) is 5.56 Å². The van der Waals surface area contributed by atoms with Gasteiger partial charge in [-0.05, 0) is 30.9 Å². The number of pyridine rings is 1. The van der Waals surface area contributed by atoms with Crippen LogP contribution in [0, 0.1) is 17.2 Å². The Labute approximate surface area is 108 Å². The van der Waals surface area contributed by atoms with E-state index in [1.165, 1.54) is 0 Å². The van der Waals surface area contributed by atoms with Crippen LogP contribution in [0.25, 0.3) is 0 Å². The zero-order chi connectivity index (χ0) is 14.0. The Morgan fingerprint density at radius 3 is 2.63 bits per heavy atom. The Kier molecular flexibility index (Phi) is 3.62. The van der Waals surface area contributed by atoms with E-state index in [4.69, 9.17) is 11.0 Å². The molecule has 1 heterocycles. The van der Waals surface area contributed by atoms with Crippen molar-refractivity contribution >= 4 is 5.82 Å². The van der Waals surface area contributed by atoms with E-state index in [0.29, 0.717) is 12.5 Å². The molecule has 0 radical (unpaired) electrons. The summed E-state index contributed by atoms with van der Waals surface area (Å²) in [6.07, 6.45) is -2.53. The number of hydrogen-bond acceptors (Lipinski definition) is 4. The van der Waals surface area contributed by atoms with Gasteiger partial charge >= 0.3 is 6.18 Å². The first-order chi connectivity index (χ1) is 8.95. The van der Waals surface area contributed by atoms with Crippen LogP contribution in [-0.2, 0) is 6.18 Å². The molecule has 0 amide bonds. The highest BCUT2D eigenvalue weighted by molar-refractivity contribution is 5.53. The highest BCUT2D eigenvalue weighted by Gasteiger charge is 2.34. The molecule has 1 fully saturated rings. The Balaban J connectivity index is 2.28. The van der Waals surface area contributed by atoms with Gasteiger partial charge in [0.25, 0.3) is 0 Å². The van der Waals surface area contributed by atoms with Crippen LogP contribution in [0.2, 0.25) is 0 Å². The van der Waals surface area contributed by atoms with Crippen LogP contribution in [0.4, 0.5) is 19.0 Å². The van der Waals surface area contributed by atoms with E-state index >= 15 is 0 Å². The van der Waals surface area contributed by atoms with Crippen molar-refractivity contribution in [3.8, 4) is 6.07 Å². The van der Waals surface area contributed by atoms with Crippen LogP contribution in [0.15, 0.2) is 12.1 Å². The van der Waals surface area contributed by atoms with E-state index in [1.54, 1.807) is 0 Å². The lowest BCUT2D eigenvalue weighted by Gasteiger charge is -2.18. The molecule has 19 heavy (non-hydrogen) atoms. The SMILES string of the molecule is N#Cc1ccc(C(F)(F)F)nc1NC(CN)C1CC1. The largest absolute Gasteiger partial charge is 0.433 e. The fourth-order valence-electron chi connectivity index (χ4n) is 1.86. The molecule has 0 aromatic carbocycles. The lowest BCUT2D eigenvalue weighted by Crippen LogP contribution is -2.31. The van der Waals surface area contributed by atoms with Gasteiger partial charge in [-0.15, -0.1) is 0 Å². The molecule has 4 nitrogen and oxygen atoms in total. The van der Waals surface area contributed by atoms with E-state index in [-0.39, 0.29) is 17.4 Å². The van der Waals surface area contributed by atoms with Crippen molar-refractivity contribution in [2.24, 2.45) is 11.7 Å². The first-order valence-electron chi connectivity index (χ1n) is 5.90. The summed E-state index contributed by atoms with van der Waals surface area (Å²) in [5.74, 6) is 0.313. The summed E-state index contributed by atoms with van der Waals surface area (Å²) < 4.78 is 37.8. The second-order valence-electron chi connectivity index (χ2n) is 4.53. The molecule has 0 aliphatic heterocycles. The summed E-state index contributed by atoms with van der Waals surface area (Å²) in [4.78, 5) is 3.50. The van der Waals surface area contributed by atoms with Crippen LogP contribution >= 0.6 is 0 Å². The topological polar surface area (TPSA) is 74.7 Å². The van der Waals surface area contributed by atoms with Gasteiger partial charge in [0.1, 0.15) is 17.6 Å². The van der Waals surface area contributed by atoms with Gasteiger partial charge < -0.3 is 11.1 Å². The first kappa shape index (κ1) is 13.6. The summed E-state index contributed by atoms with van der Waals surface area (Å²) in [5.41, 5.74) is 4.66. The zero-order valence-corrected chi connectivity index (χ0v) is 10.0. The molecular formula is C12H13F3N4. The number of nitrogens with one attached hydrogen (secondary N) is 1. The molecule has 0 saturated heterocycles. The average molecular weight is 270 g/mol. The predicted octanol–water partition coefficient (Wildman–Crippen LogP) is 2.12. The minimum absolute atomic E-state index is 0.0420. The Morgan fingerprint density at radius 1 is 1.47 bits per heavy atom. The summed E-state index contributed by atoms with van der Waals surface area (Å²) in [6, 6.07) is 3.62. The summed E-state index contributed by atoms with van der Waals surface area (Å²) in [6.45, 7) is 0.299. The molecule has 1 saturated carbocycles. The van der Waals surface area contributed by atoms with E-state index in [2.05, 4.69) is 10.3 Å². The number of halogens is 3. The number of anilines is 1. The second-order valence-corrected chi connectivity index (χ2v) is 4.53. The third-order valence-electron chi connectivity index (χ3n) is 3.07. The molecular weight excluding hydrogens is 257 g/mol. The van der Waals surface area contributed by atoms with Gasteiger partial charge in [0.15, 0.2) is 0 Å². The maximum Gasteiger partial charge on any atom is 0.433 e. The number of alkyl halides is 3. The molecule has 102 valence electrons. The van der Waals surface area contributed by atoms with Gasteiger partial charge in [-0.2, -0.15) is 18.4 Å². The van der Waals surface area contributed by atoms with Crippen LogP contribution in [-0.4, -0.2) is 17.6 Å². The van der Waals surface area contributed by atoms with Crippen molar-refractivity contribution in [2.45, 2.75) is 25.1 Å². The van der Waals surface area contributed by atoms with Gasteiger partial charge in [-0.1, -0.05) is 0 Å². The maximum absolute atomic E-state index is 12.6. The fourth-order valence-corrected chi connectivity index (χ4v) is 1.86. The molecule has 1 atom stereocenters. The number of rotatable bonds is 4. The lowest BCUT2D eigenvalue weighted by atomic mass is 10.1. The maximum atomic E-state index is 12.6. The summed E-state index contributed by atoms with van der Waals surface area (Å²) >= 11 is 0. The smallest absolute Gasteiger partial charge is 0.365 e. The standard InChI is InChI=1S/C12H13F3N4/c13-12(14,15)10-4-3-8(5-16)11(19-10)18-9(6-17)7-1-2-7/h3-4,7,9H,1-2,6,17H2,(H,18,19). The van der Waals surface area contributed by atoms with Crippen LogP contribution < -0.4 is 11.1 Å². The molecule has 1 aliphatic rings. The van der Waals surface area contributed by atoms with Crippen molar-refractivity contribution in [3.63, 3.8) is 0 Å². The Bertz CT molecular complexity index is 503. The van der Waals surface area contributed by atoms with Gasteiger partial charge in [-0.25, -0.2) is 4.98 Å². The zero-order valence-electron chi connectivity index (χ0n) is 10.0. The summed E-state index contributed by atoms with van der Waals surface area (Å²) in [5, 5.41) is 11.8. The first-order valence-corrected chi connectivity index (χ1v) is 5.90. The monoisotopic (exact) mass is 270 g/mol. The number of hydrogen-bond donors (Lipinski definition) is 2. The van der Waals surface area contributed by atoms with E-state index in [0.717, 1.165) is 25.0 Å². The van der Waals surface area contributed by atoms with E-state index in [9.17, 15) is 13.2 Å². The molecule has 0 spiro atoms. The van der Waals surface area contributed by atoms with Crippen molar-refractivity contribution in [2.75, 3.05) is 11.9 Å². The molecule has 1 aromatic rings. The normalized spacial score (nSPS) is 16.8. The third-order valence-corrected chi connectivity index (χ3v) is 3.07. The fraction of sp³-hybridized carbons (Fsp3) is 0.500. The van der Waals surface area contributed by atoms with Crippen LogP contribution in [0.1, 0.15) is 24.1 Å². The van der Waals surface area contributed by atoms with Crippen LogP contribution in [0.3, 0.4) is 0 Å². The van der Waals surface area contributed by atoms with Gasteiger partial charge in [-0.3, -0.25) is 0 Å². The predicted molar refractivity (Wildman–Crippen MR) is 63.1 cm³/mol. The highest BCUT2D eigenvalue weighted by atomic mass is 19.4. The number of aromatic nitrogens is 1. The quantitative estimate of drug-likeness (QED) is 0.878. The van der Waals surface area contributed by atoms with Crippen molar-refractivity contribution in [3.05, 3.63) is 23.4 Å². The van der Waals surface area contributed by atoms with Gasteiger partial charge in [0, 0.05) is 12.6 Å². The molecule has 2 rings (SSSR count). The highest BCUT2D eigenvalue weighted by Crippen LogP contribution is 2.35. The third kappa shape index (κ3) is 3.15. The van der Waals surface area contributed by atoms with Gasteiger partial charge in [0.2, 0.25) is 0 Å². The minimum Gasteiger partial charge on any atom is -0.365 e. The number of nitrogens with zero attached hydrogens (tertiary/aromatic N) is 2. The second kappa shape index (κ2) is 5.05. The van der Waals surface area contributed by atoms with Crippen LogP contribution in [0.5, 0.6) is 0 Å². The number of nitrogens with two attached hydrogens (primary N) is 1. The molecule has 1 aromatic heterocycles. The summed E-state index contributed by atoms with van der Waals surface area (Å²) in [7, 11) is 0. The molecule has 3 N–H and O–H groups in total. The lowest BCUT2D eigenvalue weighted by molar-refractivity contribution is -0.141. The minimum atomic E-state index is -4.53. The number of nitriles is 1. The molecule has 0 bridgehead atoms. The van der Waals surface area contributed by atoms with E-state index < -0.39 is 11.9 Å². The molecule has 1 unspecified atom stereocenters. The molecule has 1 aliphatic carbocycles. The Morgan fingerprint density at radius 2 is 2.16 bits per heavy atom.